The van der Waals surface area contributed by atoms with Crippen LogP contribution in [0.15, 0.2) is 22.7 Å². The number of carbonyl (C=O) groups excluding carboxylic acids is 2. The molecule has 7 heteroatoms. The predicted molar refractivity (Wildman–Crippen MR) is 83.5 cm³/mol. The fraction of sp³-hybridized carbons (Fsp3) is 0.429. The lowest BCUT2D eigenvalue weighted by Crippen LogP contribution is -2.50. The highest BCUT2D eigenvalue weighted by atomic mass is 79.9. The average molecular weight is 376 g/mol. The van der Waals surface area contributed by atoms with Gasteiger partial charge in [0.2, 0.25) is 5.91 Å². The molecule has 2 rings (SSSR count). The lowest BCUT2D eigenvalue weighted by molar-refractivity contribution is -0.136. The predicted octanol–water partition coefficient (Wildman–Crippen LogP) is 2.08. The first-order valence-corrected chi connectivity index (χ1v) is 7.78. The van der Waals surface area contributed by atoms with Crippen LogP contribution in [-0.2, 0) is 9.53 Å². The minimum Gasteiger partial charge on any atom is -0.378 e. The van der Waals surface area contributed by atoms with Crippen LogP contribution in [0.1, 0.15) is 17.3 Å². The molecular weight excluding hydrogens is 360 g/mol. The third-order valence-corrected chi connectivity index (χ3v) is 3.84. The number of ether oxygens (including phenoxy) is 1. The second kappa shape index (κ2) is 7.24. The lowest BCUT2D eigenvalue weighted by Gasteiger charge is -2.29. The zero-order chi connectivity index (χ0) is 15.4. The van der Waals surface area contributed by atoms with Crippen molar-refractivity contribution in [3.8, 4) is 0 Å². The number of nitrogens with one attached hydrogen (secondary N) is 1. The van der Waals surface area contributed by atoms with Gasteiger partial charge in [0.05, 0.1) is 13.2 Å². The molecule has 1 N–H and O–H groups in total. The molecule has 1 heterocycles. The van der Waals surface area contributed by atoms with Crippen molar-refractivity contribution in [3.05, 3.63) is 33.3 Å². The van der Waals surface area contributed by atoms with Crippen LogP contribution in [0.5, 0.6) is 0 Å². The third-order valence-electron chi connectivity index (χ3n) is 3.17. The van der Waals surface area contributed by atoms with Gasteiger partial charge >= 0.3 is 0 Å². The van der Waals surface area contributed by atoms with Crippen LogP contribution in [0.3, 0.4) is 0 Å². The van der Waals surface area contributed by atoms with Crippen LogP contribution in [0.25, 0.3) is 0 Å². The smallest absolute Gasteiger partial charge is 0.252 e. The van der Waals surface area contributed by atoms with Gasteiger partial charge in [0, 0.05) is 28.1 Å². The Labute approximate surface area is 136 Å². The Kier molecular flexibility index (Phi) is 5.61. The molecule has 1 fully saturated rings. The van der Waals surface area contributed by atoms with Crippen LogP contribution in [0.4, 0.5) is 0 Å². The fourth-order valence-corrected chi connectivity index (χ4v) is 2.94. The van der Waals surface area contributed by atoms with Crippen LogP contribution in [0, 0.1) is 0 Å². The van der Waals surface area contributed by atoms with Crippen molar-refractivity contribution in [2.24, 2.45) is 0 Å². The molecule has 0 bridgehead atoms. The summed E-state index contributed by atoms with van der Waals surface area (Å²) in [4.78, 5) is 26.1. The molecule has 5 nitrogen and oxygen atoms in total. The summed E-state index contributed by atoms with van der Waals surface area (Å²) < 4.78 is 5.92. The molecule has 1 aliphatic heterocycles. The van der Waals surface area contributed by atoms with E-state index in [9.17, 15) is 9.59 Å². The maximum atomic E-state index is 12.2. The summed E-state index contributed by atoms with van der Waals surface area (Å²) in [7, 11) is 0. The van der Waals surface area contributed by atoms with Gasteiger partial charge in [-0.2, -0.15) is 0 Å². The average Bonchev–Trinajstić information content (AvgIpc) is 2.46. The van der Waals surface area contributed by atoms with Gasteiger partial charge in [-0.25, -0.2) is 0 Å². The highest BCUT2D eigenvalue weighted by Crippen LogP contribution is 2.19. The Bertz CT molecular complexity index is 527. The molecule has 0 aliphatic carbocycles. The monoisotopic (exact) mass is 374 g/mol. The molecule has 1 atom stereocenters. The van der Waals surface area contributed by atoms with Gasteiger partial charge in [0.1, 0.15) is 6.04 Å². The Morgan fingerprint density at radius 1 is 1.33 bits per heavy atom. The van der Waals surface area contributed by atoms with Gasteiger partial charge in [0.25, 0.3) is 5.91 Å². The van der Waals surface area contributed by atoms with Crippen LogP contribution >= 0.6 is 27.5 Å². The molecule has 1 aliphatic rings. The van der Waals surface area contributed by atoms with Gasteiger partial charge < -0.3 is 15.0 Å². The summed E-state index contributed by atoms with van der Waals surface area (Å²) in [5.41, 5.74) is 0.413. The summed E-state index contributed by atoms with van der Waals surface area (Å²) in [5.74, 6) is -0.431. The van der Waals surface area contributed by atoms with Crippen LogP contribution < -0.4 is 5.32 Å². The van der Waals surface area contributed by atoms with Gasteiger partial charge in [-0.15, -0.1) is 0 Å². The van der Waals surface area contributed by atoms with E-state index in [-0.39, 0.29) is 11.8 Å². The first-order valence-electron chi connectivity index (χ1n) is 6.61. The summed E-state index contributed by atoms with van der Waals surface area (Å²) >= 11 is 9.20. The maximum Gasteiger partial charge on any atom is 0.252 e. The second-order valence-electron chi connectivity index (χ2n) is 4.79. The molecule has 1 unspecified atom stereocenters. The number of hydrogen-bond acceptors (Lipinski definition) is 3. The van der Waals surface area contributed by atoms with Crippen molar-refractivity contribution in [1.82, 2.24) is 10.2 Å². The first kappa shape index (κ1) is 16.3. The topological polar surface area (TPSA) is 58.6 Å². The highest BCUT2D eigenvalue weighted by molar-refractivity contribution is 9.10. The molecule has 0 saturated carbocycles. The van der Waals surface area contributed by atoms with E-state index < -0.39 is 6.04 Å². The minimum atomic E-state index is -0.589. The van der Waals surface area contributed by atoms with Crippen LogP contribution in [0.2, 0.25) is 5.02 Å². The number of benzene rings is 1. The normalized spacial score (nSPS) is 16.4. The number of nitrogens with zero attached hydrogens (tertiary/aromatic N) is 1. The molecule has 0 spiro atoms. The zero-order valence-corrected chi connectivity index (χ0v) is 13.9. The number of morpholine rings is 1. The highest BCUT2D eigenvalue weighted by Gasteiger charge is 2.24. The molecule has 0 radical (unpaired) electrons. The third kappa shape index (κ3) is 4.43. The van der Waals surface area contributed by atoms with Crippen molar-refractivity contribution in [2.45, 2.75) is 13.0 Å². The number of halogens is 2. The lowest BCUT2D eigenvalue weighted by atomic mass is 10.2. The van der Waals surface area contributed by atoms with E-state index in [1.807, 2.05) is 0 Å². The summed E-state index contributed by atoms with van der Waals surface area (Å²) in [6, 6.07) is 4.33. The zero-order valence-electron chi connectivity index (χ0n) is 11.6. The maximum absolute atomic E-state index is 12.2. The van der Waals surface area contributed by atoms with E-state index in [0.29, 0.717) is 41.4 Å². The van der Waals surface area contributed by atoms with Crippen molar-refractivity contribution < 1.29 is 14.3 Å². The number of rotatable bonds is 3. The largest absolute Gasteiger partial charge is 0.378 e. The Morgan fingerprint density at radius 2 is 2.00 bits per heavy atom. The Balaban J connectivity index is 1.99. The van der Waals surface area contributed by atoms with E-state index in [1.165, 1.54) is 0 Å². The number of hydrogen-bond donors (Lipinski definition) is 1. The summed E-state index contributed by atoms with van der Waals surface area (Å²) in [5, 5.41) is 3.16. The second-order valence-corrected chi connectivity index (χ2v) is 6.14. The molecular formula is C14H16BrClN2O3. The van der Waals surface area contributed by atoms with E-state index in [0.717, 1.165) is 0 Å². The van der Waals surface area contributed by atoms with Crippen molar-refractivity contribution in [3.63, 3.8) is 0 Å². The van der Waals surface area contributed by atoms with Crippen molar-refractivity contribution in [1.29, 1.82) is 0 Å². The Morgan fingerprint density at radius 3 is 2.62 bits per heavy atom. The molecule has 1 aromatic rings. The van der Waals surface area contributed by atoms with Gasteiger partial charge in [-0.1, -0.05) is 27.5 Å². The quantitative estimate of drug-likeness (QED) is 0.880. The van der Waals surface area contributed by atoms with E-state index >= 15 is 0 Å². The number of carbonyl (C=O) groups is 2. The first-order chi connectivity index (χ1) is 9.97. The van der Waals surface area contributed by atoms with E-state index in [1.54, 1.807) is 30.0 Å². The molecule has 21 heavy (non-hydrogen) atoms. The van der Waals surface area contributed by atoms with Gasteiger partial charge in [-0.05, 0) is 25.1 Å². The van der Waals surface area contributed by atoms with Crippen molar-refractivity contribution in [2.75, 3.05) is 26.3 Å². The molecule has 0 aromatic heterocycles. The molecule has 1 aromatic carbocycles. The van der Waals surface area contributed by atoms with Gasteiger partial charge in [-0.3, -0.25) is 9.59 Å². The van der Waals surface area contributed by atoms with E-state index in [2.05, 4.69) is 21.2 Å². The minimum absolute atomic E-state index is 0.104. The van der Waals surface area contributed by atoms with Crippen molar-refractivity contribution >= 4 is 39.3 Å². The Hall–Kier alpha value is -1.11. The molecule has 1 saturated heterocycles. The SMILES string of the molecule is CC(NC(=O)c1cc(Cl)cc(Br)c1)C(=O)N1CCOCC1. The summed E-state index contributed by atoms with van der Waals surface area (Å²) in [6.07, 6.45) is 0. The van der Waals surface area contributed by atoms with Gasteiger partial charge in [0.15, 0.2) is 0 Å². The number of amides is 2. The fourth-order valence-electron chi connectivity index (χ4n) is 2.08. The van der Waals surface area contributed by atoms with E-state index in [4.69, 9.17) is 16.3 Å². The summed E-state index contributed by atoms with van der Waals surface area (Å²) in [6.45, 7) is 3.86. The van der Waals surface area contributed by atoms with Crippen LogP contribution in [-0.4, -0.2) is 49.1 Å². The molecule has 2 amide bonds. The standard InChI is InChI=1S/C14H16BrClN2O3/c1-9(14(20)18-2-4-21-5-3-18)17-13(19)10-6-11(15)8-12(16)7-10/h6-9H,2-5H2,1H3,(H,17,19). The molecule has 114 valence electrons.